The predicted molar refractivity (Wildman–Crippen MR) is 32.0 cm³/mol. The number of carbonyl (C=O) groups excluding carboxylic acids is 1. The maximum atomic E-state index is 10.3. The van der Waals surface area contributed by atoms with Gasteiger partial charge in [-0.05, 0) is 6.42 Å². The predicted octanol–water partition coefficient (Wildman–Crippen LogP) is 0.529. The molecular formula is C7H8O2. The van der Waals surface area contributed by atoms with Crippen LogP contribution in [0.2, 0.25) is 0 Å². The highest BCUT2D eigenvalue weighted by atomic mass is 16.5. The summed E-state index contributed by atoms with van der Waals surface area (Å²) in [4.78, 5) is 10.3. The average Bonchev–Trinajstić information content (AvgIpc) is 2.45. The summed E-state index contributed by atoms with van der Waals surface area (Å²) < 4.78 is 5.33. The van der Waals surface area contributed by atoms with Gasteiger partial charge in [0, 0.05) is 5.92 Å². The Bertz CT molecular complexity index is 162. The van der Waals surface area contributed by atoms with Crippen LogP contribution in [0, 0.1) is 5.92 Å². The Kier molecular flexibility index (Phi) is 0.963. The van der Waals surface area contributed by atoms with E-state index in [9.17, 15) is 4.79 Å². The standard InChI is InChI=1S/C7H8O2/c8-4-5-3-6-1-2-7(5)9-6/h1-2,4-7H,3H2/t5-,6+,7-/m1/s1. The lowest BCUT2D eigenvalue weighted by Crippen LogP contribution is -2.13. The highest BCUT2D eigenvalue weighted by molar-refractivity contribution is 5.57. The third-order valence-electron chi connectivity index (χ3n) is 1.95. The zero-order valence-corrected chi connectivity index (χ0v) is 4.99. The lowest BCUT2D eigenvalue weighted by molar-refractivity contribution is -0.111. The summed E-state index contributed by atoms with van der Waals surface area (Å²) in [6.07, 6.45) is 6.24. The molecule has 2 heterocycles. The number of hydrogen-bond donors (Lipinski definition) is 0. The molecule has 2 heteroatoms. The van der Waals surface area contributed by atoms with Gasteiger partial charge in [-0.3, -0.25) is 0 Å². The first-order valence-corrected chi connectivity index (χ1v) is 3.19. The van der Waals surface area contributed by atoms with Crippen molar-refractivity contribution in [3.05, 3.63) is 12.2 Å². The number of ether oxygens (including phenoxy) is 1. The van der Waals surface area contributed by atoms with E-state index in [0.29, 0.717) is 0 Å². The molecule has 2 nitrogen and oxygen atoms in total. The molecule has 9 heavy (non-hydrogen) atoms. The van der Waals surface area contributed by atoms with Crippen LogP contribution in [0.1, 0.15) is 6.42 Å². The summed E-state index contributed by atoms with van der Waals surface area (Å²) in [5.74, 6) is 0.139. The third-order valence-corrected chi connectivity index (χ3v) is 1.95. The Hall–Kier alpha value is -0.630. The smallest absolute Gasteiger partial charge is 0.126 e. The SMILES string of the molecule is O=C[C@H]1C[C@@H]2C=C[C@H]1O2. The highest BCUT2D eigenvalue weighted by Gasteiger charge is 2.36. The lowest BCUT2D eigenvalue weighted by atomic mass is 9.96. The Morgan fingerprint density at radius 2 is 2.44 bits per heavy atom. The molecule has 0 amide bonds. The van der Waals surface area contributed by atoms with Crippen molar-refractivity contribution in [3.8, 4) is 0 Å². The number of hydrogen-bond acceptors (Lipinski definition) is 2. The Balaban J connectivity index is 2.19. The molecule has 2 rings (SSSR count). The molecular weight excluding hydrogens is 116 g/mol. The molecule has 0 N–H and O–H groups in total. The number of fused-ring (bicyclic) bond motifs is 2. The number of rotatable bonds is 1. The van der Waals surface area contributed by atoms with E-state index in [4.69, 9.17) is 4.74 Å². The zero-order valence-electron chi connectivity index (χ0n) is 4.99. The van der Waals surface area contributed by atoms with Gasteiger partial charge in [0.15, 0.2) is 0 Å². The molecule has 0 aromatic rings. The molecule has 1 saturated heterocycles. The first-order valence-electron chi connectivity index (χ1n) is 3.19. The molecule has 0 unspecified atom stereocenters. The van der Waals surface area contributed by atoms with E-state index in [0.717, 1.165) is 12.7 Å². The van der Waals surface area contributed by atoms with E-state index >= 15 is 0 Å². The minimum absolute atomic E-state index is 0.104. The summed E-state index contributed by atoms with van der Waals surface area (Å²) in [6.45, 7) is 0. The van der Waals surface area contributed by atoms with Gasteiger partial charge in [0.05, 0.1) is 12.2 Å². The van der Waals surface area contributed by atoms with Crippen LogP contribution < -0.4 is 0 Å². The molecule has 0 radical (unpaired) electrons. The Labute approximate surface area is 53.5 Å². The molecule has 0 aliphatic carbocycles. The molecule has 2 aliphatic heterocycles. The van der Waals surface area contributed by atoms with Crippen LogP contribution in [-0.2, 0) is 9.53 Å². The number of carbonyl (C=O) groups is 1. The van der Waals surface area contributed by atoms with Gasteiger partial charge in [-0.2, -0.15) is 0 Å². The van der Waals surface area contributed by atoms with Crippen LogP contribution in [0.25, 0.3) is 0 Å². The van der Waals surface area contributed by atoms with E-state index in [1.165, 1.54) is 0 Å². The van der Waals surface area contributed by atoms with E-state index < -0.39 is 0 Å². The van der Waals surface area contributed by atoms with Gasteiger partial charge >= 0.3 is 0 Å². The largest absolute Gasteiger partial charge is 0.366 e. The summed E-state index contributed by atoms with van der Waals surface area (Å²) in [5, 5.41) is 0. The van der Waals surface area contributed by atoms with Crippen molar-refractivity contribution in [2.75, 3.05) is 0 Å². The fourth-order valence-electron chi connectivity index (χ4n) is 1.44. The topological polar surface area (TPSA) is 26.3 Å². The van der Waals surface area contributed by atoms with Crippen molar-refractivity contribution in [2.24, 2.45) is 5.92 Å². The lowest BCUT2D eigenvalue weighted by Gasteiger charge is -2.04. The van der Waals surface area contributed by atoms with Crippen LogP contribution in [0.4, 0.5) is 0 Å². The maximum absolute atomic E-state index is 10.3. The first-order chi connectivity index (χ1) is 4.40. The van der Waals surface area contributed by atoms with Crippen molar-refractivity contribution in [3.63, 3.8) is 0 Å². The van der Waals surface area contributed by atoms with Crippen molar-refractivity contribution >= 4 is 6.29 Å². The van der Waals surface area contributed by atoms with Gasteiger partial charge in [0.25, 0.3) is 0 Å². The normalized spacial score (nSPS) is 46.0. The van der Waals surface area contributed by atoms with E-state index in [2.05, 4.69) is 0 Å². The monoisotopic (exact) mass is 124 g/mol. The van der Waals surface area contributed by atoms with Crippen LogP contribution in [0.15, 0.2) is 12.2 Å². The van der Waals surface area contributed by atoms with Crippen LogP contribution in [-0.4, -0.2) is 18.5 Å². The Morgan fingerprint density at radius 1 is 1.56 bits per heavy atom. The van der Waals surface area contributed by atoms with Gasteiger partial charge in [-0.25, -0.2) is 0 Å². The van der Waals surface area contributed by atoms with Gasteiger partial charge < -0.3 is 9.53 Å². The summed E-state index contributed by atoms with van der Waals surface area (Å²) in [7, 11) is 0. The summed E-state index contributed by atoms with van der Waals surface area (Å²) >= 11 is 0. The second kappa shape index (κ2) is 1.67. The van der Waals surface area contributed by atoms with Gasteiger partial charge in [-0.15, -0.1) is 0 Å². The molecule has 0 saturated carbocycles. The molecule has 0 spiro atoms. The fraction of sp³-hybridized carbons (Fsp3) is 0.571. The minimum Gasteiger partial charge on any atom is -0.366 e. The van der Waals surface area contributed by atoms with Crippen LogP contribution in [0.3, 0.4) is 0 Å². The Morgan fingerprint density at radius 3 is 2.78 bits per heavy atom. The van der Waals surface area contributed by atoms with E-state index in [1.807, 2.05) is 12.2 Å². The van der Waals surface area contributed by atoms with Crippen LogP contribution in [0.5, 0.6) is 0 Å². The van der Waals surface area contributed by atoms with Crippen molar-refractivity contribution in [1.29, 1.82) is 0 Å². The number of aldehydes is 1. The van der Waals surface area contributed by atoms with Crippen molar-refractivity contribution < 1.29 is 9.53 Å². The molecule has 48 valence electrons. The molecule has 2 bridgehead atoms. The van der Waals surface area contributed by atoms with Gasteiger partial charge in [0.2, 0.25) is 0 Å². The van der Waals surface area contributed by atoms with Gasteiger partial charge in [0.1, 0.15) is 6.29 Å². The first kappa shape index (κ1) is 5.18. The maximum Gasteiger partial charge on any atom is 0.126 e. The minimum atomic E-state index is 0.104. The second-order valence-corrected chi connectivity index (χ2v) is 2.56. The molecule has 0 aromatic heterocycles. The third kappa shape index (κ3) is 0.630. The van der Waals surface area contributed by atoms with Gasteiger partial charge in [-0.1, -0.05) is 12.2 Å². The second-order valence-electron chi connectivity index (χ2n) is 2.56. The summed E-state index contributed by atoms with van der Waals surface area (Å²) in [5.41, 5.74) is 0. The molecule has 3 atom stereocenters. The molecule has 1 fully saturated rings. The van der Waals surface area contributed by atoms with E-state index in [1.54, 1.807) is 0 Å². The quantitative estimate of drug-likeness (QED) is 0.376. The average molecular weight is 124 g/mol. The fourth-order valence-corrected chi connectivity index (χ4v) is 1.44. The van der Waals surface area contributed by atoms with Crippen LogP contribution >= 0.6 is 0 Å². The molecule has 0 aromatic carbocycles. The molecule has 2 aliphatic rings. The van der Waals surface area contributed by atoms with Crippen molar-refractivity contribution in [1.82, 2.24) is 0 Å². The zero-order chi connectivity index (χ0) is 6.27. The highest BCUT2D eigenvalue weighted by Crippen LogP contribution is 2.31. The summed E-state index contributed by atoms with van der Waals surface area (Å²) in [6, 6.07) is 0. The van der Waals surface area contributed by atoms with Crippen molar-refractivity contribution in [2.45, 2.75) is 18.6 Å². The van der Waals surface area contributed by atoms with E-state index in [-0.39, 0.29) is 18.1 Å².